The molecule has 2 aliphatic heterocycles. The van der Waals surface area contributed by atoms with E-state index in [0.29, 0.717) is 25.0 Å². The van der Waals surface area contributed by atoms with E-state index in [1.54, 1.807) is 0 Å². The molecular formula is C21H28Cl2N6O2. The largest absolute Gasteiger partial charge is 0.478 e. The monoisotopic (exact) mass is 466 g/mol. The molecule has 2 aliphatic rings. The van der Waals surface area contributed by atoms with Gasteiger partial charge in [0.05, 0.1) is 26.3 Å². The van der Waals surface area contributed by atoms with Gasteiger partial charge in [-0.3, -0.25) is 9.98 Å². The van der Waals surface area contributed by atoms with E-state index < -0.39 is 0 Å². The molecule has 2 aromatic rings. The fraction of sp³-hybridized carbons (Fsp3) is 0.429. The fourth-order valence-corrected chi connectivity index (χ4v) is 3.13. The van der Waals surface area contributed by atoms with Gasteiger partial charge in [0.25, 0.3) is 0 Å². The van der Waals surface area contributed by atoms with Crippen LogP contribution in [0.1, 0.15) is 30.7 Å². The van der Waals surface area contributed by atoms with E-state index in [4.69, 9.17) is 9.47 Å². The van der Waals surface area contributed by atoms with Crippen molar-refractivity contribution in [2.75, 3.05) is 39.4 Å². The topological polar surface area (TPSA) is 93.0 Å². The first kappa shape index (κ1) is 24.7. The average molecular weight is 467 g/mol. The summed E-state index contributed by atoms with van der Waals surface area (Å²) in [6, 6.07) is 11.5. The van der Waals surface area contributed by atoms with Crippen molar-refractivity contribution >= 4 is 36.5 Å². The third-order valence-electron chi connectivity index (χ3n) is 4.57. The van der Waals surface area contributed by atoms with Crippen LogP contribution in [0.4, 0.5) is 0 Å². The summed E-state index contributed by atoms with van der Waals surface area (Å²) in [7, 11) is 0. The first-order chi connectivity index (χ1) is 14.4. The fourth-order valence-electron chi connectivity index (χ4n) is 3.13. The maximum absolute atomic E-state index is 5.78. The Kier molecular flexibility index (Phi) is 10.3. The smallest absolute Gasteiger partial charge is 0.213 e. The van der Waals surface area contributed by atoms with Crippen LogP contribution in [0.25, 0.3) is 0 Å². The lowest BCUT2D eigenvalue weighted by Crippen LogP contribution is -2.20. The molecule has 0 saturated heterocycles. The molecule has 0 fully saturated rings. The molecular weight excluding hydrogens is 439 g/mol. The number of aliphatic imine (C=N–C) groups is 2. The Morgan fingerprint density at radius 2 is 1.16 bits per heavy atom. The highest BCUT2D eigenvalue weighted by atomic mass is 35.5. The molecule has 8 nitrogen and oxygen atoms in total. The Morgan fingerprint density at radius 3 is 1.58 bits per heavy atom. The van der Waals surface area contributed by atoms with E-state index in [9.17, 15) is 0 Å². The molecule has 0 radical (unpaired) electrons. The minimum Gasteiger partial charge on any atom is -0.478 e. The zero-order chi connectivity index (χ0) is 19.7. The highest BCUT2D eigenvalue weighted by Gasteiger charge is 2.11. The number of aromatic nitrogens is 2. The number of ether oxygens (including phenoxy) is 2. The number of hydrogen-bond donors (Lipinski definition) is 2. The highest BCUT2D eigenvalue weighted by Crippen LogP contribution is 2.12. The van der Waals surface area contributed by atoms with Gasteiger partial charge in [-0.05, 0) is 31.4 Å². The van der Waals surface area contributed by atoms with Gasteiger partial charge in [-0.15, -0.1) is 24.8 Å². The van der Waals surface area contributed by atoms with Gasteiger partial charge in [0.1, 0.15) is 23.1 Å². The molecule has 4 heterocycles. The van der Waals surface area contributed by atoms with Gasteiger partial charge in [-0.25, -0.2) is 9.97 Å². The van der Waals surface area contributed by atoms with Gasteiger partial charge in [0, 0.05) is 25.2 Å². The Bertz CT molecular complexity index is 822. The Labute approximate surface area is 194 Å². The van der Waals surface area contributed by atoms with Gasteiger partial charge >= 0.3 is 0 Å². The van der Waals surface area contributed by atoms with E-state index in [2.05, 4.69) is 30.6 Å². The van der Waals surface area contributed by atoms with Crippen molar-refractivity contribution in [2.45, 2.75) is 19.3 Å². The van der Waals surface area contributed by atoms with Crippen molar-refractivity contribution in [1.82, 2.24) is 20.6 Å². The summed E-state index contributed by atoms with van der Waals surface area (Å²) >= 11 is 0. The van der Waals surface area contributed by atoms with Crippen LogP contribution in [-0.4, -0.2) is 61.0 Å². The third-order valence-corrected chi connectivity index (χ3v) is 4.57. The third kappa shape index (κ3) is 7.25. The summed E-state index contributed by atoms with van der Waals surface area (Å²) in [5.41, 5.74) is 1.67. The van der Waals surface area contributed by atoms with Crippen molar-refractivity contribution in [1.29, 1.82) is 0 Å². The molecule has 2 N–H and O–H groups in total. The van der Waals surface area contributed by atoms with E-state index in [1.807, 2.05) is 36.4 Å². The lowest BCUT2D eigenvalue weighted by atomic mass is 10.2. The zero-order valence-electron chi connectivity index (χ0n) is 17.2. The molecule has 0 atom stereocenters. The van der Waals surface area contributed by atoms with Gasteiger partial charge in [-0.1, -0.05) is 12.1 Å². The van der Waals surface area contributed by atoms with E-state index >= 15 is 0 Å². The molecule has 0 bridgehead atoms. The quantitative estimate of drug-likeness (QED) is 0.522. The second-order valence-corrected chi connectivity index (χ2v) is 6.79. The summed E-state index contributed by atoms with van der Waals surface area (Å²) < 4.78 is 11.6. The van der Waals surface area contributed by atoms with Crippen LogP contribution in [0.2, 0.25) is 0 Å². The molecule has 0 aliphatic carbocycles. The normalized spacial score (nSPS) is 14.3. The van der Waals surface area contributed by atoms with Crippen molar-refractivity contribution < 1.29 is 9.47 Å². The van der Waals surface area contributed by atoms with Crippen molar-refractivity contribution in [3.05, 3.63) is 47.8 Å². The van der Waals surface area contributed by atoms with Crippen LogP contribution < -0.4 is 20.1 Å². The first-order valence-corrected chi connectivity index (χ1v) is 10.2. The van der Waals surface area contributed by atoms with Crippen LogP contribution in [0.3, 0.4) is 0 Å². The molecule has 0 aromatic carbocycles. The van der Waals surface area contributed by atoms with Crippen LogP contribution in [0.5, 0.6) is 11.8 Å². The van der Waals surface area contributed by atoms with Crippen LogP contribution in [0.15, 0.2) is 46.4 Å². The van der Waals surface area contributed by atoms with E-state index in [0.717, 1.165) is 68.5 Å². The molecule has 0 spiro atoms. The summed E-state index contributed by atoms with van der Waals surface area (Å²) in [6.45, 7) is 4.61. The number of halogens is 2. The molecule has 168 valence electrons. The molecule has 10 heteroatoms. The Morgan fingerprint density at radius 1 is 0.677 bits per heavy atom. The molecule has 2 aromatic heterocycles. The minimum atomic E-state index is 0. The van der Waals surface area contributed by atoms with Gasteiger partial charge < -0.3 is 20.1 Å². The summed E-state index contributed by atoms with van der Waals surface area (Å²) in [5, 5.41) is 6.45. The standard InChI is InChI=1S/C21H26N6O2.2ClH/c1(2-14-28-18-8-4-6-16(26-18)20-22-10-11-23-20)3-15-29-19-9-5-7-17(27-19)21-24-12-13-25-21;;/h4-9H,1-3,10-15H2,(H,22,23)(H,24,25);2*1H. The molecule has 4 rings (SSSR count). The average Bonchev–Trinajstić information content (AvgIpc) is 3.48. The predicted octanol–water partition coefficient (Wildman–Crippen LogP) is 2.65. The maximum atomic E-state index is 5.78. The van der Waals surface area contributed by atoms with Gasteiger partial charge in [-0.2, -0.15) is 0 Å². The number of nitrogens with zero attached hydrogens (tertiary/aromatic N) is 4. The second-order valence-electron chi connectivity index (χ2n) is 6.79. The van der Waals surface area contributed by atoms with Crippen LogP contribution >= 0.6 is 24.8 Å². The highest BCUT2D eigenvalue weighted by molar-refractivity contribution is 5.98. The molecule has 0 amide bonds. The summed E-state index contributed by atoms with van der Waals surface area (Å²) in [4.78, 5) is 17.8. The number of unbranched alkanes of at least 4 members (excludes halogenated alkanes) is 2. The summed E-state index contributed by atoms with van der Waals surface area (Å²) in [6.07, 6.45) is 2.91. The number of pyridine rings is 2. The van der Waals surface area contributed by atoms with Crippen LogP contribution in [0, 0.1) is 0 Å². The molecule has 31 heavy (non-hydrogen) atoms. The van der Waals surface area contributed by atoms with Gasteiger partial charge in [0.15, 0.2) is 0 Å². The maximum Gasteiger partial charge on any atom is 0.213 e. The number of amidine groups is 2. The minimum absolute atomic E-state index is 0. The SMILES string of the molecule is Cl.Cl.c1cc(OCCCCCOc2cccc(C3=NCCN3)n2)nc(C2=NCCN2)c1. The van der Waals surface area contributed by atoms with Crippen molar-refractivity contribution in [3.8, 4) is 11.8 Å². The lowest BCUT2D eigenvalue weighted by molar-refractivity contribution is 0.269. The molecule has 0 unspecified atom stereocenters. The molecule has 0 saturated carbocycles. The van der Waals surface area contributed by atoms with Gasteiger partial charge in [0.2, 0.25) is 11.8 Å². The zero-order valence-corrected chi connectivity index (χ0v) is 18.9. The second kappa shape index (κ2) is 13.0. The number of hydrogen-bond acceptors (Lipinski definition) is 8. The van der Waals surface area contributed by atoms with Crippen molar-refractivity contribution in [2.24, 2.45) is 9.98 Å². The van der Waals surface area contributed by atoms with Crippen molar-refractivity contribution in [3.63, 3.8) is 0 Å². The van der Waals surface area contributed by atoms with E-state index in [-0.39, 0.29) is 24.8 Å². The Hall–Kier alpha value is -2.58. The number of rotatable bonds is 10. The Balaban J connectivity index is 0.00000171. The predicted molar refractivity (Wildman–Crippen MR) is 127 cm³/mol. The summed E-state index contributed by atoms with van der Waals surface area (Å²) in [5.74, 6) is 2.97. The first-order valence-electron chi connectivity index (χ1n) is 10.2. The lowest BCUT2D eigenvalue weighted by Gasteiger charge is -2.09. The van der Waals surface area contributed by atoms with E-state index in [1.165, 1.54) is 0 Å². The number of nitrogens with one attached hydrogen (secondary N) is 2. The van der Waals surface area contributed by atoms with Crippen LogP contribution in [-0.2, 0) is 0 Å².